The van der Waals surface area contributed by atoms with E-state index in [0.29, 0.717) is 61.0 Å². The summed E-state index contributed by atoms with van der Waals surface area (Å²) in [7, 11) is 3.88. The van der Waals surface area contributed by atoms with Gasteiger partial charge in [0, 0.05) is 62.7 Å². The third-order valence-corrected chi connectivity index (χ3v) is 7.54. The first kappa shape index (κ1) is 28.3. The predicted molar refractivity (Wildman–Crippen MR) is 161 cm³/mol. The lowest BCUT2D eigenvalue weighted by atomic mass is 10.1. The van der Waals surface area contributed by atoms with Crippen molar-refractivity contribution in [2.24, 2.45) is 0 Å². The SMILES string of the molecule is CN(C)C/C=C/C(=O)N1CCN2CC1COc1cc3ncnc(Nc4cc(F)c(Oc5ccn6ncnc6c5)cc4F)c3nc12. The maximum Gasteiger partial charge on any atom is 0.246 e. The summed E-state index contributed by atoms with van der Waals surface area (Å²) in [5, 5.41) is 6.87. The third-order valence-electron chi connectivity index (χ3n) is 7.54. The highest BCUT2D eigenvalue weighted by Gasteiger charge is 2.35. The standard InChI is InChI=1S/C30H28F2N10O3/c1-39(2)6-3-4-27(43)41-9-8-40-14-18(41)15-44-25-13-23-28(38-30(25)40)29(35-16-33-23)37-22-11-21(32)24(12-20(22)31)45-19-5-7-42-26(10-19)34-17-36-42/h3-5,7,10-13,16-18H,6,8-9,14-15H2,1-2H3,(H,33,35,37)/b4-3+. The summed E-state index contributed by atoms with van der Waals surface area (Å²) < 4.78 is 43.6. The van der Waals surface area contributed by atoms with Gasteiger partial charge in [0.2, 0.25) is 5.91 Å². The Morgan fingerprint density at radius 3 is 2.89 bits per heavy atom. The van der Waals surface area contributed by atoms with Crippen LogP contribution >= 0.6 is 0 Å². The molecular weight excluding hydrogens is 586 g/mol. The monoisotopic (exact) mass is 614 g/mol. The average Bonchev–Trinajstić information content (AvgIpc) is 3.45. The van der Waals surface area contributed by atoms with Crippen LogP contribution in [-0.2, 0) is 4.79 Å². The van der Waals surface area contributed by atoms with Crippen molar-refractivity contribution in [3.05, 3.63) is 73.0 Å². The Morgan fingerprint density at radius 2 is 2.02 bits per heavy atom. The van der Waals surface area contributed by atoms with Crippen molar-refractivity contribution in [1.29, 1.82) is 0 Å². The average molecular weight is 615 g/mol. The van der Waals surface area contributed by atoms with Crippen molar-refractivity contribution in [1.82, 2.24) is 39.3 Å². The number of likely N-dealkylation sites (N-methyl/N-ethyl adjacent to an activating group) is 1. The Kier molecular flexibility index (Phi) is 7.29. The lowest BCUT2D eigenvalue weighted by Gasteiger charge is -2.39. The number of aromatic nitrogens is 6. The first-order chi connectivity index (χ1) is 21.8. The highest BCUT2D eigenvalue weighted by Crippen LogP contribution is 2.37. The number of piperazine rings is 1. The van der Waals surface area contributed by atoms with E-state index in [1.54, 1.807) is 30.5 Å². The van der Waals surface area contributed by atoms with E-state index in [-0.39, 0.29) is 35.0 Å². The van der Waals surface area contributed by atoms with Crippen LogP contribution in [0.15, 0.2) is 61.3 Å². The van der Waals surface area contributed by atoms with Gasteiger partial charge >= 0.3 is 0 Å². The molecule has 6 heterocycles. The van der Waals surface area contributed by atoms with Crippen LogP contribution in [0.4, 0.5) is 26.1 Å². The molecule has 2 aliphatic heterocycles. The molecule has 0 aliphatic carbocycles. The molecule has 0 radical (unpaired) electrons. The van der Waals surface area contributed by atoms with Crippen molar-refractivity contribution in [3.63, 3.8) is 0 Å². The highest BCUT2D eigenvalue weighted by atomic mass is 19.1. The molecule has 230 valence electrons. The van der Waals surface area contributed by atoms with Gasteiger partial charge < -0.3 is 29.5 Å². The highest BCUT2D eigenvalue weighted by molar-refractivity contribution is 5.90. The number of fused-ring (bicyclic) bond motifs is 6. The van der Waals surface area contributed by atoms with Crippen LogP contribution < -0.4 is 19.7 Å². The Morgan fingerprint density at radius 1 is 1.13 bits per heavy atom. The van der Waals surface area contributed by atoms with Gasteiger partial charge in [-0.05, 0) is 20.2 Å². The van der Waals surface area contributed by atoms with Gasteiger partial charge in [0.1, 0.15) is 30.5 Å². The molecule has 1 unspecified atom stereocenters. The molecule has 1 aromatic carbocycles. The number of nitrogens with one attached hydrogen (secondary N) is 1. The van der Waals surface area contributed by atoms with E-state index in [1.807, 2.05) is 30.0 Å². The summed E-state index contributed by atoms with van der Waals surface area (Å²) in [6.45, 7) is 2.54. The molecule has 1 amide bonds. The fraction of sp³-hybridized carbons (Fsp3) is 0.267. The Labute approximate surface area is 255 Å². The largest absolute Gasteiger partial charge is 0.487 e. The van der Waals surface area contributed by atoms with Crippen molar-refractivity contribution in [2.45, 2.75) is 6.04 Å². The number of anilines is 3. The van der Waals surface area contributed by atoms with E-state index in [0.717, 1.165) is 12.1 Å². The fourth-order valence-corrected chi connectivity index (χ4v) is 5.33. The molecule has 2 aliphatic rings. The van der Waals surface area contributed by atoms with Crippen LogP contribution in [0.5, 0.6) is 17.2 Å². The second-order valence-electron chi connectivity index (χ2n) is 10.9. The molecule has 1 saturated heterocycles. The number of hydrogen-bond donors (Lipinski definition) is 1. The van der Waals surface area contributed by atoms with Crippen LogP contribution in [0.1, 0.15) is 0 Å². The van der Waals surface area contributed by atoms with E-state index in [1.165, 1.54) is 17.2 Å². The van der Waals surface area contributed by atoms with Crippen LogP contribution in [0.3, 0.4) is 0 Å². The number of carbonyl (C=O) groups is 1. The number of carbonyl (C=O) groups excluding carboxylic acids is 1. The Balaban J connectivity index is 1.12. The van der Waals surface area contributed by atoms with Crippen LogP contribution in [0.25, 0.3) is 16.7 Å². The summed E-state index contributed by atoms with van der Waals surface area (Å²) in [6, 6.07) is 6.65. The molecule has 15 heteroatoms. The summed E-state index contributed by atoms with van der Waals surface area (Å²) in [5.41, 5.74) is 1.14. The van der Waals surface area contributed by atoms with Gasteiger partial charge in [-0.3, -0.25) is 4.79 Å². The maximum absolute atomic E-state index is 15.3. The zero-order chi connectivity index (χ0) is 31.1. The maximum atomic E-state index is 15.3. The number of pyridine rings is 2. The Hall–Kier alpha value is -5.44. The molecule has 1 N–H and O–H groups in total. The fourth-order valence-electron chi connectivity index (χ4n) is 5.33. The normalized spacial score (nSPS) is 16.2. The van der Waals surface area contributed by atoms with Gasteiger partial charge in [0.05, 0.1) is 17.2 Å². The molecule has 7 rings (SSSR count). The molecule has 2 bridgehead atoms. The summed E-state index contributed by atoms with van der Waals surface area (Å²) in [5.74, 6) is -0.353. The summed E-state index contributed by atoms with van der Waals surface area (Å²) in [4.78, 5) is 36.2. The minimum atomic E-state index is -0.788. The molecule has 0 saturated carbocycles. The first-order valence-corrected chi connectivity index (χ1v) is 14.2. The minimum Gasteiger partial charge on any atom is -0.487 e. The smallest absolute Gasteiger partial charge is 0.246 e. The number of ether oxygens (including phenoxy) is 2. The number of rotatable bonds is 7. The molecule has 0 spiro atoms. The van der Waals surface area contributed by atoms with Gasteiger partial charge in [-0.25, -0.2) is 33.2 Å². The lowest BCUT2D eigenvalue weighted by Crippen LogP contribution is -2.56. The topological polar surface area (TPSA) is 126 Å². The predicted octanol–water partition coefficient (Wildman–Crippen LogP) is 3.41. The molecule has 1 fully saturated rings. The second kappa shape index (κ2) is 11.6. The number of hydrogen-bond acceptors (Lipinski definition) is 11. The minimum absolute atomic E-state index is 0.0615. The van der Waals surface area contributed by atoms with Gasteiger partial charge in [-0.2, -0.15) is 5.10 Å². The van der Waals surface area contributed by atoms with Crippen molar-refractivity contribution < 1.29 is 23.0 Å². The van der Waals surface area contributed by atoms with E-state index < -0.39 is 11.6 Å². The summed E-state index contributed by atoms with van der Waals surface area (Å²) >= 11 is 0. The number of amides is 1. The molecular formula is C30H28F2N10O3. The number of nitrogens with zero attached hydrogens (tertiary/aromatic N) is 9. The van der Waals surface area contributed by atoms with Gasteiger partial charge in [0.25, 0.3) is 0 Å². The quantitative estimate of drug-likeness (QED) is 0.271. The van der Waals surface area contributed by atoms with E-state index in [9.17, 15) is 4.79 Å². The second-order valence-corrected chi connectivity index (χ2v) is 10.9. The van der Waals surface area contributed by atoms with Gasteiger partial charge in [0.15, 0.2) is 40.4 Å². The van der Waals surface area contributed by atoms with Crippen LogP contribution in [-0.4, -0.2) is 98.2 Å². The summed E-state index contributed by atoms with van der Waals surface area (Å²) in [6.07, 6.45) is 7.73. The zero-order valence-corrected chi connectivity index (χ0v) is 24.4. The first-order valence-electron chi connectivity index (χ1n) is 14.2. The van der Waals surface area contributed by atoms with Crippen LogP contribution in [0, 0.1) is 11.6 Å². The zero-order valence-electron chi connectivity index (χ0n) is 24.4. The van der Waals surface area contributed by atoms with Crippen LogP contribution in [0.2, 0.25) is 0 Å². The molecule has 4 aromatic heterocycles. The van der Waals surface area contributed by atoms with E-state index >= 15 is 8.78 Å². The molecule has 1 atom stereocenters. The van der Waals surface area contributed by atoms with Gasteiger partial charge in [-0.15, -0.1) is 0 Å². The number of benzene rings is 1. The molecule has 45 heavy (non-hydrogen) atoms. The van der Waals surface area contributed by atoms with E-state index in [2.05, 4.69) is 30.3 Å². The lowest BCUT2D eigenvalue weighted by molar-refractivity contribution is -0.129. The molecule has 13 nitrogen and oxygen atoms in total. The van der Waals surface area contributed by atoms with Crippen molar-refractivity contribution in [2.75, 3.05) is 57.1 Å². The van der Waals surface area contributed by atoms with Crippen molar-refractivity contribution >= 4 is 39.9 Å². The third kappa shape index (κ3) is 5.64. The Bertz CT molecular complexity index is 1950. The van der Waals surface area contributed by atoms with Gasteiger partial charge in [-0.1, -0.05) is 6.08 Å². The van der Waals surface area contributed by atoms with Crippen molar-refractivity contribution in [3.8, 4) is 17.2 Å². The number of halogens is 2. The van der Waals surface area contributed by atoms with E-state index in [4.69, 9.17) is 14.5 Å². The molecule has 5 aromatic rings.